The van der Waals surface area contributed by atoms with E-state index in [9.17, 15) is 9.59 Å². The molecule has 6 rings (SSSR count). The van der Waals surface area contributed by atoms with Gasteiger partial charge in [-0.2, -0.15) is 0 Å². The second kappa shape index (κ2) is 6.98. The molecule has 0 radical (unpaired) electrons. The molecule has 0 unspecified atom stereocenters. The van der Waals surface area contributed by atoms with E-state index in [1.807, 2.05) is 9.80 Å². The van der Waals surface area contributed by atoms with Gasteiger partial charge in [-0.3, -0.25) is 4.79 Å². The first-order valence-corrected chi connectivity index (χ1v) is 11.6. The Morgan fingerprint density at radius 1 is 1.00 bits per heavy atom. The van der Waals surface area contributed by atoms with Gasteiger partial charge in [-0.05, 0) is 48.8 Å². The van der Waals surface area contributed by atoms with E-state index in [0.29, 0.717) is 24.3 Å². The number of carbonyl (C=O) groups is 2. The fraction of sp³-hybridized carbons (Fsp3) is 0.667. The first-order chi connectivity index (χ1) is 14.6. The van der Waals surface area contributed by atoms with E-state index in [1.165, 1.54) is 43.6 Å². The first-order valence-electron chi connectivity index (χ1n) is 11.6. The van der Waals surface area contributed by atoms with E-state index < -0.39 is 0 Å². The SMILES string of the molecule is O=C1CO[C@H]2CCN(C(=O)N3CC(c4ccc(N5CCC6(CC6)C5)cc4)C3)C[C@H]2C1. The van der Waals surface area contributed by atoms with E-state index >= 15 is 0 Å². The van der Waals surface area contributed by atoms with Crippen molar-refractivity contribution in [1.82, 2.24) is 9.80 Å². The molecule has 30 heavy (non-hydrogen) atoms. The molecule has 0 N–H and O–H groups in total. The molecule has 2 amide bonds. The summed E-state index contributed by atoms with van der Waals surface area (Å²) in [5.41, 5.74) is 3.34. The average Bonchev–Trinajstić information content (AvgIpc) is 3.35. The van der Waals surface area contributed by atoms with E-state index in [1.54, 1.807) is 0 Å². The number of rotatable bonds is 2. The lowest BCUT2D eigenvalue weighted by atomic mass is 9.87. The van der Waals surface area contributed by atoms with E-state index in [0.717, 1.165) is 26.1 Å². The zero-order chi connectivity index (χ0) is 20.3. The molecule has 1 spiro atoms. The summed E-state index contributed by atoms with van der Waals surface area (Å²) in [7, 11) is 0. The molecule has 0 bridgehead atoms. The Labute approximate surface area is 178 Å². The van der Waals surface area contributed by atoms with Gasteiger partial charge in [0.05, 0.1) is 6.10 Å². The zero-order valence-electron chi connectivity index (χ0n) is 17.6. The third-order valence-electron chi connectivity index (χ3n) is 8.16. The molecular formula is C24H31N3O3. The lowest BCUT2D eigenvalue weighted by molar-refractivity contribution is -0.140. The van der Waals surface area contributed by atoms with Crippen LogP contribution in [0.3, 0.4) is 0 Å². The average molecular weight is 410 g/mol. The molecule has 1 saturated carbocycles. The van der Waals surface area contributed by atoms with Gasteiger partial charge in [0.2, 0.25) is 0 Å². The molecular weight excluding hydrogens is 378 g/mol. The van der Waals surface area contributed by atoms with E-state index in [2.05, 4.69) is 29.2 Å². The zero-order valence-corrected chi connectivity index (χ0v) is 17.6. The molecule has 1 aromatic rings. The van der Waals surface area contributed by atoms with Crippen LogP contribution < -0.4 is 4.90 Å². The molecule has 4 saturated heterocycles. The van der Waals surface area contributed by atoms with Crippen molar-refractivity contribution in [3.63, 3.8) is 0 Å². The molecule has 160 valence electrons. The number of anilines is 1. The molecule has 4 heterocycles. The van der Waals surface area contributed by atoms with Gasteiger partial charge in [-0.1, -0.05) is 12.1 Å². The predicted molar refractivity (Wildman–Crippen MR) is 114 cm³/mol. The van der Waals surface area contributed by atoms with Gasteiger partial charge in [0.25, 0.3) is 0 Å². The Morgan fingerprint density at radius 3 is 2.53 bits per heavy atom. The summed E-state index contributed by atoms with van der Waals surface area (Å²) in [6.07, 6.45) is 5.74. The van der Waals surface area contributed by atoms with Crippen LogP contribution in [0.15, 0.2) is 24.3 Å². The molecule has 1 aliphatic carbocycles. The Kier molecular flexibility index (Phi) is 4.34. The topological polar surface area (TPSA) is 53.1 Å². The van der Waals surface area contributed by atoms with Crippen molar-refractivity contribution in [3.8, 4) is 0 Å². The summed E-state index contributed by atoms with van der Waals surface area (Å²) in [6.45, 7) is 5.66. The normalized spacial score (nSPS) is 30.4. The quantitative estimate of drug-likeness (QED) is 0.754. The fourth-order valence-corrected chi connectivity index (χ4v) is 5.89. The summed E-state index contributed by atoms with van der Waals surface area (Å²) in [4.78, 5) is 31.1. The number of likely N-dealkylation sites (tertiary alicyclic amines) is 2. The van der Waals surface area contributed by atoms with Crippen molar-refractivity contribution < 1.29 is 14.3 Å². The maximum absolute atomic E-state index is 12.9. The van der Waals surface area contributed by atoms with Gasteiger partial charge in [0.1, 0.15) is 6.61 Å². The fourth-order valence-electron chi connectivity index (χ4n) is 5.89. The minimum Gasteiger partial charge on any atom is -0.371 e. The van der Waals surface area contributed by atoms with Crippen molar-refractivity contribution in [2.75, 3.05) is 50.8 Å². The number of ketones is 1. The number of nitrogens with zero attached hydrogens (tertiary/aromatic N) is 3. The number of hydrogen-bond donors (Lipinski definition) is 0. The number of fused-ring (bicyclic) bond motifs is 1. The molecule has 4 aliphatic heterocycles. The molecule has 1 aromatic carbocycles. The second-order valence-corrected chi connectivity index (χ2v) is 10.2. The van der Waals surface area contributed by atoms with Crippen molar-refractivity contribution in [2.24, 2.45) is 11.3 Å². The Hall–Kier alpha value is -2.08. The smallest absolute Gasteiger partial charge is 0.320 e. The van der Waals surface area contributed by atoms with Crippen LogP contribution in [-0.2, 0) is 9.53 Å². The summed E-state index contributed by atoms with van der Waals surface area (Å²) in [5, 5.41) is 0. The lowest BCUT2D eigenvalue weighted by Gasteiger charge is -2.46. The largest absolute Gasteiger partial charge is 0.371 e. The van der Waals surface area contributed by atoms with Crippen molar-refractivity contribution in [2.45, 2.75) is 44.1 Å². The number of hydrogen-bond acceptors (Lipinski definition) is 4. The summed E-state index contributed by atoms with van der Waals surface area (Å²) < 4.78 is 5.65. The Morgan fingerprint density at radius 2 is 1.80 bits per heavy atom. The van der Waals surface area contributed by atoms with Crippen molar-refractivity contribution >= 4 is 17.5 Å². The molecule has 6 nitrogen and oxygen atoms in total. The second-order valence-electron chi connectivity index (χ2n) is 10.2. The Balaban J connectivity index is 1.02. The van der Waals surface area contributed by atoms with Gasteiger partial charge in [-0.15, -0.1) is 0 Å². The number of carbonyl (C=O) groups excluding carboxylic acids is 2. The number of ether oxygens (including phenoxy) is 1. The highest BCUT2D eigenvalue weighted by atomic mass is 16.5. The van der Waals surface area contributed by atoms with Crippen LogP contribution in [0.5, 0.6) is 0 Å². The molecule has 6 heteroatoms. The summed E-state index contributed by atoms with van der Waals surface area (Å²) in [6, 6.07) is 9.19. The highest BCUT2D eigenvalue weighted by Gasteiger charge is 2.47. The Bertz CT molecular complexity index is 844. The highest BCUT2D eigenvalue weighted by Crippen LogP contribution is 2.53. The highest BCUT2D eigenvalue weighted by molar-refractivity contribution is 5.81. The molecule has 5 fully saturated rings. The molecule has 0 aromatic heterocycles. The van der Waals surface area contributed by atoms with Crippen molar-refractivity contribution in [3.05, 3.63) is 29.8 Å². The van der Waals surface area contributed by atoms with Crippen LogP contribution in [0.4, 0.5) is 10.5 Å². The van der Waals surface area contributed by atoms with Gasteiger partial charge in [0, 0.05) is 63.2 Å². The summed E-state index contributed by atoms with van der Waals surface area (Å²) >= 11 is 0. The minimum atomic E-state index is 0.131. The van der Waals surface area contributed by atoms with E-state index in [-0.39, 0.29) is 30.4 Å². The van der Waals surface area contributed by atoms with Crippen LogP contribution in [0.2, 0.25) is 0 Å². The number of Topliss-reactive ketones (excluding diaryl/α,β-unsaturated/α-hetero) is 1. The van der Waals surface area contributed by atoms with Crippen LogP contribution in [0.1, 0.15) is 43.6 Å². The predicted octanol–water partition coefficient (Wildman–Crippen LogP) is 2.88. The number of piperidine rings is 1. The van der Waals surface area contributed by atoms with Gasteiger partial charge in [0.15, 0.2) is 5.78 Å². The molecule has 5 aliphatic rings. The maximum Gasteiger partial charge on any atom is 0.320 e. The van der Waals surface area contributed by atoms with Gasteiger partial charge >= 0.3 is 6.03 Å². The van der Waals surface area contributed by atoms with Crippen molar-refractivity contribution in [1.29, 1.82) is 0 Å². The summed E-state index contributed by atoms with van der Waals surface area (Å²) in [5.74, 6) is 0.779. The number of urea groups is 1. The van der Waals surface area contributed by atoms with Gasteiger partial charge in [-0.25, -0.2) is 4.79 Å². The number of benzene rings is 1. The van der Waals surface area contributed by atoms with Crippen LogP contribution in [-0.4, -0.2) is 73.6 Å². The number of amides is 2. The minimum absolute atomic E-state index is 0.131. The lowest BCUT2D eigenvalue weighted by Crippen LogP contribution is -2.58. The van der Waals surface area contributed by atoms with Crippen LogP contribution >= 0.6 is 0 Å². The van der Waals surface area contributed by atoms with Crippen LogP contribution in [0, 0.1) is 11.3 Å². The first kappa shape index (κ1) is 18.7. The van der Waals surface area contributed by atoms with E-state index in [4.69, 9.17) is 4.74 Å². The third kappa shape index (κ3) is 3.29. The maximum atomic E-state index is 12.9. The monoisotopic (exact) mass is 409 g/mol. The molecule has 2 atom stereocenters. The third-order valence-corrected chi connectivity index (χ3v) is 8.16. The van der Waals surface area contributed by atoms with Gasteiger partial charge < -0.3 is 19.4 Å². The standard InChI is InChI=1S/C24H31N3O3/c28-21-11-18-12-25(9-5-22(18)30-15-21)23(29)27-13-19(14-27)17-1-3-20(4-2-17)26-10-8-24(16-26)6-7-24/h1-4,18-19,22H,5-16H2/t18-,22+/m1/s1. The van der Waals surface area contributed by atoms with Crippen LogP contribution in [0.25, 0.3) is 0 Å².